The van der Waals surface area contributed by atoms with Crippen LogP contribution in [0.1, 0.15) is 32.0 Å². The first-order valence-corrected chi connectivity index (χ1v) is 10.1. The van der Waals surface area contributed by atoms with E-state index in [0.717, 1.165) is 11.1 Å². The first-order valence-electron chi connectivity index (χ1n) is 8.86. The molecule has 0 spiro atoms. The lowest BCUT2D eigenvalue weighted by atomic mass is 9.97. The zero-order chi connectivity index (χ0) is 20.5. The molecule has 1 aromatic heterocycles. The predicted octanol–water partition coefficient (Wildman–Crippen LogP) is 4.59. The Morgan fingerprint density at radius 3 is 2.79 bits per heavy atom. The molecule has 8 heteroatoms. The lowest BCUT2D eigenvalue weighted by molar-refractivity contribution is 0.0599. The monoisotopic (exact) mass is 430 g/mol. The third kappa shape index (κ3) is 3.88. The van der Waals surface area contributed by atoms with Gasteiger partial charge in [0, 0.05) is 24.0 Å². The van der Waals surface area contributed by atoms with Crippen molar-refractivity contribution in [3.05, 3.63) is 75.0 Å². The average Bonchev–Trinajstić information content (AvgIpc) is 3.24. The number of hydrogen-bond donors (Lipinski definition) is 0. The van der Waals surface area contributed by atoms with Crippen molar-refractivity contribution in [3.63, 3.8) is 0 Å². The molecular formula is C21H16ClFN2O3S. The molecule has 0 saturated heterocycles. The molecule has 5 nitrogen and oxygen atoms in total. The Hall–Kier alpha value is -2.77. The van der Waals surface area contributed by atoms with E-state index in [-0.39, 0.29) is 16.9 Å². The second-order valence-electron chi connectivity index (χ2n) is 6.62. The summed E-state index contributed by atoms with van der Waals surface area (Å²) in [7, 11) is 1.35. The Kier molecular flexibility index (Phi) is 5.34. The van der Waals surface area contributed by atoms with Gasteiger partial charge < -0.3 is 9.64 Å². The summed E-state index contributed by atoms with van der Waals surface area (Å²) < 4.78 is 18.1. The molecule has 148 valence electrons. The van der Waals surface area contributed by atoms with Crippen molar-refractivity contribution in [2.24, 2.45) is 0 Å². The number of nitrogens with zero attached hydrogens (tertiary/aromatic N) is 2. The van der Waals surface area contributed by atoms with Gasteiger partial charge in [-0.1, -0.05) is 17.7 Å². The second-order valence-corrected chi connectivity index (χ2v) is 7.88. The molecule has 4 rings (SSSR count). The number of carbonyl (C=O) groups excluding carboxylic acids is 2. The first-order chi connectivity index (χ1) is 14.0. The number of methoxy groups -OCH3 is 1. The highest BCUT2D eigenvalue weighted by Gasteiger charge is 2.24. The summed E-state index contributed by atoms with van der Waals surface area (Å²) in [5, 5.41) is 2.32. The van der Waals surface area contributed by atoms with E-state index in [0.29, 0.717) is 41.3 Å². The van der Waals surface area contributed by atoms with Crippen LogP contribution in [-0.2, 0) is 17.7 Å². The molecule has 0 aliphatic carbocycles. The van der Waals surface area contributed by atoms with E-state index in [1.54, 1.807) is 22.4 Å². The number of aromatic nitrogens is 1. The Balaban J connectivity index is 1.52. The van der Waals surface area contributed by atoms with Crippen LogP contribution >= 0.6 is 22.9 Å². The molecule has 0 unspecified atom stereocenters. The molecule has 0 N–H and O–H groups in total. The highest BCUT2D eigenvalue weighted by Crippen LogP contribution is 2.29. The lowest BCUT2D eigenvalue weighted by Gasteiger charge is -2.28. The smallest absolute Gasteiger partial charge is 0.337 e. The summed E-state index contributed by atoms with van der Waals surface area (Å²) in [4.78, 5) is 30.7. The number of halogens is 2. The van der Waals surface area contributed by atoms with Crippen LogP contribution in [0.25, 0.3) is 10.6 Å². The van der Waals surface area contributed by atoms with Gasteiger partial charge in [0.2, 0.25) is 0 Å². The number of benzene rings is 2. The summed E-state index contributed by atoms with van der Waals surface area (Å²) >= 11 is 7.15. The van der Waals surface area contributed by atoms with Crippen LogP contribution in [-0.4, -0.2) is 35.4 Å². The molecule has 2 aromatic carbocycles. The maximum atomic E-state index is 13.4. The minimum atomic E-state index is -0.495. The topological polar surface area (TPSA) is 59.5 Å². The fourth-order valence-electron chi connectivity index (χ4n) is 3.27. The zero-order valence-corrected chi connectivity index (χ0v) is 17.0. The van der Waals surface area contributed by atoms with Gasteiger partial charge >= 0.3 is 5.97 Å². The molecule has 0 radical (unpaired) electrons. The fourth-order valence-corrected chi connectivity index (χ4v) is 4.24. The Labute approximate surface area is 175 Å². The molecular weight excluding hydrogens is 415 g/mol. The van der Waals surface area contributed by atoms with Crippen molar-refractivity contribution in [3.8, 4) is 10.6 Å². The van der Waals surface area contributed by atoms with E-state index in [4.69, 9.17) is 16.3 Å². The maximum absolute atomic E-state index is 13.4. The molecule has 1 amide bonds. The Bertz CT molecular complexity index is 1120. The molecule has 0 saturated carbocycles. The van der Waals surface area contributed by atoms with E-state index in [1.807, 2.05) is 12.1 Å². The van der Waals surface area contributed by atoms with Crippen LogP contribution < -0.4 is 0 Å². The number of amides is 1. The van der Waals surface area contributed by atoms with Gasteiger partial charge in [0.15, 0.2) is 0 Å². The van der Waals surface area contributed by atoms with Gasteiger partial charge in [-0.15, -0.1) is 11.3 Å². The summed E-state index contributed by atoms with van der Waals surface area (Å²) in [6.07, 6.45) is 0.649. The van der Waals surface area contributed by atoms with E-state index >= 15 is 0 Å². The van der Waals surface area contributed by atoms with Crippen molar-refractivity contribution < 1.29 is 18.7 Å². The van der Waals surface area contributed by atoms with Gasteiger partial charge in [-0.05, 0) is 47.9 Å². The fraction of sp³-hybridized carbons (Fsp3) is 0.190. The van der Waals surface area contributed by atoms with Gasteiger partial charge in [0.05, 0.1) is 17.7 Å². The Morgan fingerprint density at radius 2 is 2.03 bits per heavy atom. The van der Waals surface area contributed by atoms with Crippen LogP contribution in [0.15, 0.2) is 41.8 Å². The second kappa shape index (κ2) is 7.93. The number of fused-ring (bicyclic) bond motifs is 1. The van der Waals surface area contributed by atoms with Crippen LogP contribution in [0.2, 0.25) is 5.02 Å². The minimum absolute atomic E-state index is 0.0181. The van der Waals surface area contributed by atoms with Crippen LogP contribution in [0.4, 0.5) is 4.39 Å². The van der Waals surface area contributed by atoms with Crippen molar-refractivity contribution in [2.75, 3.05) is 13.7 Å². The van der Waals surface area contributed by atoms with Crippen LogP contribution in [0.3, 0.4) is 0 Å². The van der Waals surface area contributed by atoms with Crippen molar-refractivity contribution in [1.29, 1.82) is 0 Å². The van der Waals surface area contributed by atoms with E-state index in [2.05, 4.69) is 4.98 Å². The standard InChI is InChI=1S/C21H16ClFN2O3S/c1-28-21(27)14-2-3-15-10-25(7-6-12(15)8-14)20(26)18-11-29-19(24-18)13-4-5-17(23)16(22)9-13/h2-5,8-9,11H,6-7,10H2,1H3. The van der Waals surface area contributed by atoms with Gasteiger partial charge in [-0.25, -0.2) is 14.2 Å². The zero-order valence-electron chi connectivity index (χ0n) is 15.4. The number of rotatable bonds is 3. The lowest BCUT2D eigenvalue weighted by Crippen LogP contribution is -2.36. The van der Waals surface area contributed by atoms with E-state index < -0.39 is 5.82 Å². The number of ether oxygens (including phenoxy) is 1. The maximum Gasteiger partial charge on any atom is 0.337 e. The van der Waals surface area contributed by atoms with Gasteiger partial charge in [-0.2, -0.15) is 0 Å². The minimum Gasteiger partial charge on any atom is -0.465 e. The largest absolute Gasteiger partial charge is 0.465 e. The third-order valence-corrected chi connectivity index (χ3v) is 6.00. The summed E-state index contributed by atoms with van der Waals surface area (Å²) in [5.41, 5.74) is 3.56. The number of esters is 1. The van der Waals surface area contributed by atoms with Gasteiger partial charge in [0.25, 0.3) is 5.91 Å². The summed E-state index contributed by atoms with van der Waals surface area (Å²) in [5.74, 6) is -1.03. The quantitative estimate of drug-likeness (QED) is 0.570. The number of thiazole rings is 1. The third-order valence-electron chi connectivity index (χ3n) is 4.82. The molecule has 0 bridgehead atoms. The number of carbonyl (C=O) groups is 2. The predicted molar refractivity (Wildman–Crippen MR) is 109 cm³/mol. The van der Waals surface area contributed by atoms with Crippen molar-refractivity contribution in [1.82, 2.24) is 9.88 Å². The highest BCUT2D eigenvalue weighted by molar-refractivity contribution is 7.13. The average molecular weight is 431 g/mol. The van der Waals surface area contributed by atoms with Crippen LogP contribution in [0, 0.1) is 5.82 Å². The molecule has 1 aliphatic heterocycles. The summed E-state index contributed by atoms with van der Waals surface area (Å²) in [6, 6.07) is 9.75. The van der Waals surface area contributed by atoms with Gasteiger partial charge in [-0.3, -0.25) is 4.79 Å². The SMILES string of the molecule is COC(=O)c1ccc2c(c1)CCN(C(=O)c1csc(-c3ccc(F)c(Cl)c3)n1)C2. The molecule has 2 heterocycles. The van der Waals surface area contributed by atoms with E-state index in [1.165, 1.54) is 30.6 Å². The molecule has 0 fully saturated rings. The van der Waals surface area contributed by atoms with Crippen molar-refractivity contribution >= 4 is 34.8 Å². The highest BCUT2D eigenvalue weighted by atomic mass is 35.5. The van der Waals surface area contributed by atoms with Crippen molar-refractivity contribution in [2.45, 2.75) is 13.0 Å². The molecule has 1 aliphatic rings. The van der Waals surface area contributed by atoms with E-state index in [9.17, 15) is 14.0 Å². The van der Waals surface area contributed by atoms with Crippen LogP contribution in [0.5, 0.6) is 0 Å². The van der Waals surface area contributed by atoms with Gasteiger partial charge in [0.1, 0.15) is 16.5 Å². The Morgan fingerprint density at radius 1 is 1.21 bits per heavy atom. The molecule has 3 aromatic rings. The molecule has 0 atom stereocenters. The molecule has 29 heavy (non-hydrogen) atoms. The first kappa shape index (κ1) is 19.5. The summed E-state index contributed by atoms with van der Waals surface area (Å²) in [6.45, 7) is 0.983. The number of hydrogen-bond acceptors (Lipinski definition) is 5. The normalized spacial score (nSPS) is 13.1.